The second-order valence-electron chi connectivity index (χ2n) is 10.2. The molecule has 1 aliphatic rings. The van der Waals surface area contributed by atoms with E-state index in [4.69, 9.17) is 16.0 Å². The third kappa shape index (κ3) is 5.20. The Labute approximate surface area is 244 Å². The maximum atomic E-state index is 14.6. The number of halogens is 2. The summed E-state index contributed by atoms with van der Waals surface area (Å²) in [5, 5.41) is 18.9. The third-order valence-corrected chi connectivity index (χ3v) is 7.66. The first-order valence-electron chi connectivity index (χ1n) is 13.5. The normalized spacial score (nSPS) is 18.0. The molecule has 0 radical (unpaired) electrons. The Morgan fingerprint density at radius 2 is 2.00 bits per heavy atom. The van der Waals surface area contributed by atoms with Gasteiger partial charge in [0.2, 0.25) is 5.91 Å². The molecule has 1 aliphatic heterocycles. The number of pyridine rings is 1. The van der Waals surface area contributed by atoms with Gasteiger partial charge in [-0.05, 0) is 72.7 Å². The summed E-state index contributed by atoms with van der Waals surface area (Å²) in [5.41, 5.74) is 3.07. The van der Waals surface area contributed by atoms with Crippen molar-refractivity contribution in [3.63, 3.8) is 0 Å². The molecule has 42 heavy (non-hydrogen) atoms. The van der Waals surface area contributed by atoms with Crippen LogP contribution in [0, 0.1) is 5.92 Å². The van der Waals surface area contributed by atoms with Crippen molar-refractivity contribution in [1.29, 1.82) is 0 Å². The second-order valence-corrected chi connectivity index (χ2v) is 10.7. The quantitative estimate of drug-likeness (QED) is 0.288. The van der Waals surface area contributed by atoms with Gasteiger partial charge >= 0.3 is 5.63 Å². The maximum absolute atomic E-state index is 14.6. The molecule has 1 aromatic carbocycles. The molecule has 1 amide bonds. The molecule has 6 rings (SSSR count). The molecule has 5 heterocycles. The summed E-state index contributed by atoms with van der Waals surface area (Å²) >= 11 is 6.28. The standard InChI is InChI=1S/C29H26ClFN8O3/c1-16-4-3-5-20(23-12-18(10-11-32-23)27-24(35-28(16)40)14-34-39(27)17(2)31)21-7-9-26(42-29(21)41)22-13-19(30)6-8-25(22)38-15-33-36-37-38/h6-17,20H,3-5H2,1-2H3,(H,35,40)/t16-,17?,20+/m0/s1. The largest absolute Gasteiger partial charge is 0.422 e. The molecule has 0 fully saturated rings. The van der Waals surface area contributed by atoms with Crippen LogP contribution in [-0.2, 0) is 4.79 Å². The molecule has 0 spiro atoms. The molecular weight excluding hydrogens is 563 g/mol. The number of carbonyl (C=O) groups excluding carboxylic acids is 1. The number of carbonyl (C=O) groups is 1. The van der Waals surface area contributed by atoms with Gasteiger partial charge in [0, 0.05) is 45.4 Å². The van der Waals surface area contributed by atoms with Crippen molar-refractivity contribution in [2.75, 3.05) is 5.32 Å². The highest BCUT2D eigenvalue weighted by atomic mass is 35.5. The number of nitrogens with zero attached hydrogens (tertiary/aromatic N) is 7. The lowest BCUT2D eigenvalue weighted by Crippen LogP contribution is -2.22. The van der Waals surface area contributed by atoms with E-state index in [1.807, 2.05) is 6.92 Å². The number of amides is 1. The minimum Gasteiger partial charge on any atom is -0.422 e. The highest BCUT2D eigenvalue weighted by Crippen LogP contribution is 2.36. The molecule has 13 heteroatoms. The summed E-state index contributed by atoms with van der Waals surface area (Å²) in [6.07, 6.45) is 4.82. The monoisotopic (exact) mass is 588 g/mol. The van der Waals surface area contributed by atoms with Crippen LogP contribution < -0.4 is 10.9 Å². The maximum Gasteiger partial charge on any atom is 0.340 e. The van der Waals surface area contributed by atoms with Crippen molar-refractivity contribution in [3.8, 4) is 28.3 Å². The topological polar surface area (TPSA) is 134 Å². The van der Waals surface area contributed by atoms with E-state index in [1.165, 1.54) is 28.8 Å². The van der Waals surface area contributed by atoms with Gasteiger partial charge in [-0.2, -0.15) is 9.78 Å². The van der Waals surface area contributed by atoms with Crippen LogP contribution in [0.3, 0.4) is 0 Å². The Balaban J connectivity index is 1.45. The van der Waals surface area contributed by atoms with E-state index in [1.54, 1.807) is 48.7 Å². The van der Waals surface area contributed by atoms with Gasteiger partial charge in [-0.1, -0.05) is 24.9 Å². The zero-order chi connectivity index (χ0) is 29.4. The number of nitrogens with one attached hydrogen (secondary N) is 1. The lowest BCUT2D eigenvalue weighted by Gasteiger charge is -2.20. The number of rotatable bonds is 4. The molecule has 214 valence electrons. The van der Waals surface area contributed by atoms with Crippen LogP contribution in [0.15, 0.2) is 70.4 Å². The Bertz CT molecular complexity index is 1820. The van der Waals surface area contributed by atoms with Crippen LogP contribution >= 0.6 is 11.6 Å². The smallest absolute Gasteiger partial charge is 0.340 e. The predicted octanol–water partition coefficient (Wildman–Crippen LogP) is 5.57. The molecular formula is C29H26ClFN8O3. The third-order valence-electron chi connectivity index (χ3n) is 7.43. The van der Waals surface area contributed by atoms with Gasteiger partial charge < -0.3 is 9.73 Å². The van der Waals surface area contributed by atoms with Gasteiger partial charge in [0.15, 0.2) is 6.30 Å². The van der Waals surface area contributed by atoms with Gasteiger partial charge in [0.05, 0.1) is 23.3 Å². The molecule has 11 nitrogen and oxygen atoms in total. The van der Waals surface area contributed by atoms with Crippen LogP contribution in [0.1, 0.15) is 56.6 Å². The van der Waals surface area contributed by atoms with E-state index < -0.39 is 17.8 Å². The van der Waals surface area contributed by atoms with Crippen LogP contribution in [0.4, 0.5) is 10.1 Å². The molecule has 1 N–H and O–H groups in total. The summed E-state index contributed by atoms with van der Waals surface area (Å²) in [4.78, 5) is 31.2. The molecule has 4 aromatic heterocycles. The number of benzene rings is 1. The van der Waals surface area contributed by atoms with Gasteiger partial charge in [-0.25, -0.2) is 13.9 Å². The van der Waals surface area contributed by atoms with E-state index >= 15 is 0 Å². The fourth-order valence-corrected chi connectivity index (χ4v) is 5.45. The number of fused-ring (bicyclic) bond motifs is 4. The van der Waals surface area contributed by atoms with Gasteiger partial charge in [0.25, 0.3) is 0 Å². The molecule has 0 saturated carbocycles. The van der Waals surface area contributed by atoms with Crippen LogP contribution in [0.25, 0.3) is 28.3 Å². The van der Waals surface area contributed by atoms with Crippen LogP contribution in [-0.4, -0.2) is 40.9 Å². The number of aromatic nitrogens is 7. The zero-order valence-corrected chi connectivity index (χ0v) is 23.5. The fourth-order valence-electron chi connectivity index (χ4n) is 5.28. The van der Waals surface area contributed by atoms with Crippen LogP contribution in [0.2, 0.25) is 5.02 Å². The summed E-state index contributed by atoms with van der Waals surface area (Å²) in [7, 11) is 0. The van der Waals surface area contributed by atoms with Crippen molar-refractivity contribution < 1.29 is 13.6 Å². The lowest BCUT2D eigenvalue weighted by atomic mass is 9.88. The Morgan fingerprint density at radius 3 is 2.76 bits per heavy atom. The number of hydrogen-bond acceptors (Lipinski definition) is 8. The lowest BCUT2D eigenvalue weighted by molar-refractivity contribution is -0.119. The predicted molar refractivity (Wildman–Crippen MR) is 153 cm³/mol. The van der Waals surface area contributed by atoms with Gasteiger partial charge in [-0.3, -0.25) is 9.78 Å². The minimum atomic E-state index is -1.44. The first kappa shape index (κ1) is 27.5. The van der Waals surface area contributed by atoms with E-state index in [0.717, 1.165) is 0 Å². The summed E-state index contributed by atoms with van der Waals surface area (Å²) in [5.74, 6) is -0.646. The van der Waals surface area contributed by atoms with Crippen molar-refractivity contribution in [3.05, 3.63) is 87.9 Å². The number of anilines is 1. The molecule has 1 unspecified atom stereocenters. The van der Waals surface area contributed by atoms with Crippen LogP contribution in [0.5, 0.6) is 0 Å². The Morgan fingerprint density at radius 1 is 1.14 bits per heavy atom. The zero-order valence-electron chi connectivity index (χ0n) is 22.7. The average Bonchev–Trinajstić information content (AvgIpc) is 3.66. The second kappa shape index (κ2) is 11.3. The summed E-state index contributed by atoms with van der Waals surface area (Å²) in [6.45, 7) is 3.21. The minimum absolute atomic E-state index is 0.183. The molecule has 0 saturated heterocycles. The van der Waals surface area contributed by atoms with Crippen molar-refractivity contribution in [2.24, 2.45) is 5.92 Å². The highest BCUT2D eigenvalue weighted by molar-refractivity contribution is 6.31. The molecule has 3 atom stereocenters. The molecule has 0 aliphatic carbocycles. The first-order chi connectivity index (χ1) is 20.3. The van der Waals surface area contributed by atoms with Crippen molar-refractivity contribution in [2.45, 2.75) is 45.3 Å². The highest BCUT2D eigenvalue weighted by Gasteiger charge is 2.26. The summed E-state index contributed by atoms with van der Waals surface area (Å²) < 4.78 is 23.1. The van der Waals surface area contributed by atoms with Gasteiger partial charge in [-0.15, -0.1) is 5.10 Å². The molecule has 5 aromatic rings. The van der Waals surface area contributed by atoms with E-state index in [0.29, 0.717) is 69.5 Å². The summed E-state index contributed by atoms with van der Waals surface area (Å²) in [6, 6.07) is 12.1. The van der Waals surface area contributed by atoms with E-state index in [2.05, 4.69) is 30.9 Å². The Hall–Kier alpha value is -4.71. The fraction of sp³-hybridized carbons (Fsp3) is 0.276. The molecule has 2 bridgehead atoms. The number of alkyl halides is 1. The SMILES string of the molecule is CC(F)n1ncc2c1-c1ccnc(c1)[C@@H](c1ccc(-c3cc(Cl)ccc3-n3cnnn3)oc1=O)CCC[C@H](C)C(=O)N2. The average molecular weight is 589 g/mol. The first-order valence-corrected chi connectivity index (χ1v) is 13.8. The number of tetrazole rings is 1. The van der Waals surface area contributed by atoms with Crippen molar-refractivity contribution in [1.82, 2.24) is 35.0 Å². The van der Waals surface area contributed by atoms with Crippen molar-refractivity contribution >= 4 is 23.2 Å². The Kier molecular flexibility index (Phi) is 7.38. The number of hydrogen-bond donors (Lipinski definition) is 1. The van der Waals surface area contributed by atoms with E-state index in [-0.39, 0.29) is 11.8 Å². The van der Waals surface area contributed by atoms with Gasteiger partial charge in [0.1, 0.15) is 12.1 Å². The van der Waals surface area contributed by atoms with E-state index in [9.17, 15) is 14.0 Å².